The molecule has 0 amide bonds. The number of fused-ring (bicyclic) bond motifs is 1. The summed E-state index contributed by atoms with van der Waals surface area (Å²) in [6.45, 7) is 7.57. The van der Waals surface area contributed by atoms with Crippen LogP contribution in [-0.4, -0.2) is 22.9 Å². The standard InChI is InChI=1S/C27H31N3O/c1-19-8-12-22(13-9-19)16-24(18-31-4)30-26-21(3)6-5-7-25(26)29(27(30)28)17-23-14-10-20(2)11-15-23/h5-15,24,28H,16-18H2,1-4H3/t24-/m0/s1. The number of para-hydroxylation sites is 1. The Hall–Kier alpha value is -3.11. The molecule has 0 unspecified atom stereocenters. The summed E-state index contributed by atoms with van der Waals surface area (Å²) in [5.41, 5.74) is 8.86. The van der Waals surface area contributed by atoms with Crippen molar-refractivity contribution >= 4 is 11.0 Å². The molecule has 160 valence electrons. The normalized spacial score (nSPS) is 12.4. The number of aryl methyl sites for hydroxylation is 3. The molecule has 1 aromatic heterocycles. The molecule has 1 N–H and O–H groups in total. The van der Waals surface area contributed by atoms with Gasteiger partial charge in [0.25, 0.3) is 0 Å². The minimum absolute atomic E-state index is 0.0445. The average Bonchev–Trinajstić information content (AvgIpc) is 3.04. The zero-order chi connectivity index (χ0) is 22.0. The predicted molar refractivity (Wildman–Crippen MR) is 127 cm³/mol. The van der Waals surface area contributed by atoms with Gasteiger partial charge < -0.3 is 13.9 Å². The van der Waals surface area contributed by atoms with Gasteiger partial charge in [0, 0.05) is 7.11 Å². The summed E-state index contributed by atoms with van der Waals surface area (Å²) >= 11 is 0. The van der Waals surface area contributed by atoms with E-state index < -0.39 is 0 Å². The Morgan fingerprint density at radius 3 is 2.06 bits per heavy atom. The SMILES string of the molecule is COC[C@H](Cc1ccc(C)cc1)n1c(=N)n(Cc2ccc(C)cc2)c2cccc(C)c21. The lowest BCUT2D eigenvalue weighted by molar-refractivity contribution is 0.154. The van der Waals surface area contributed by atoms with Crippen molar-refractivity contribution in [3.8, 4) is 0 Å². The number of nitrogens with one attached hydrogen (secondary N) is 1. The maximum absolute atomic E-state index is 9.14. The summed E-state index contributed by atoms with van der Waals surface area (Å²) in [4.78, 5) is 0. The summed E-state index contributed by atoms with van der Waals surface area (Å²) in [7, 11) is 1.74. The Morgan fingerprint density at radius 1 is 0.839 bits per heavy atom. The molecule has 31 heavy (non-hydrogen) atoms. The molecule has 0 bridgehead atoms. The summed E-state index contributed by atoms with van der Waals surface area (Å²) in [5, 5.41) is 9.14. The van der Waals surface area contributed by atoms with E-state index >= 15 is 0 Å². The quantitative estimate of drug-likeness (QED) is 0.437. The number of nitrogens with zero attached hydrogens (tertiary/aromatic N) is 2. The maximum Gasteiger partial charge on any atom is 0.203 e. The lowest BCUT2D eigenvalue weighted by Crippen LogP contribution is -2.31. The molecule has 4 heteroatoms. The van der Waals surface area contributed by atoms with Crippen molar-refractivity contribution in [1.29, 1.82) is 5.41 Å². The number of hydrogen-bond acceptors (Lipinski definition) is 2. The molecule has 0 fully saturated rings. The molecule has 1 atom stereocenters. The van der Waals surface area contributed by atoms with Crippen LogP contribution in [0.15, 0.2) is 66.7 Å². The van der Waals surface area contributed by atoms with E-state index in [2.05, 4.69) is 96.6 Å². The second-order valence-electron chi connectivity index (χ2n) is 8.51. The van der Waals surface area contributed by atoms with Crippen LogP contribution in [0.4, 0.5) is 0 Å². The van der Waals surface area contributed by atoms with Gasteiger partial charge in [0.2, 0.25) is 5.62 Å². The van der Waals surface area contributed by atoms with Gasteiger partial charge in [-0.15, -0.1) is 0 Å². The van der Waals surface area contributed by atoms with Gasteiger partial charge >= 0.3 is 0 Å². The Kier molecular flexibility index (Phi) is 6.10. The first kappa shape index (κ1) is 21.1. The third kappa shape index (κ3) is 4.35. The lowest BCUT2D eigenvalue weighted by atomic mass is 10.0. The molecule has 0 aliphatic heterocycles. The van der Waals surface area contributed by atoms with Crippen molar-refractivity contribution in [2.45, 2.75) is 39.8 Å². The molecule has 0 aliphatic carbocycles. The van der Waals surface area contributed by atoms with Crippen LogP contribution in [0.25, 0.3) is 11.0 Å². The van der Waals surface area contributed by atoms with Crippen molar-refractivity contribution in [2.75, 3.05) is 13.7 Å². The molecule has 4 rings (SSSR count). The van der Waals surface area contributed by atoms with E-state index in [0.29, 0.717) is 18.8 Å². The van der Waals surface area contributed by atoms with E-state index in [0.717, 1.165) is 17.5 Å². The van der Waals surface area contributed by atoms with Crippen LogP contribution in [0.2, 0.25) is 0 Å². The van der Waals surface area contributed by atoms with Gasteiger partial charge in [-0.2, -0.15) is 0 Å². The van der Waals surface area contributed by atoms with Crippen molar-refractivity contribution in [3.05, 3.63) is 100 Å². The molecule has 0 spiro atoms. The molecular formula is C27H31N3O. The van der Waals surface area contributed by atoms with Gasteiger partial charge in [0.15, 0.2) is 0 Å². The second-order valence-corrected chi connectivity index (χ2v) is 8.51. The molecule has 4 aromatic rings. The lowest BCUT2D eigenvalue weighted by Gasteiger charge is -2.20. The number of hydrogen-bond donors (Lipinski definition) is 1. The van der Waals surface area contributed by atoms with Gasteiger partial charge in [0.1, 0.15) is 0 Å². The van der Waals surface area contributed by atoms with Gasteiger partial charge in [0.05, 0.1) is 30.2 Å². The smallest absolute Gasteiger partial charge is 0.203 e. The van der Waals surface area contributed by atoms with Crippen LogP contribution >= 0.6 is 0 Å². The Morgan fingerprint density at radius 2 is 1.45 bits per heavy atom. The van der Waals surface area contributed by atoms with E-state index in [9.17, 15) is 0 Å². The molecular weight excluding hydrogens is 382 g/mol. The number of rotatable bonds is 7. The number of methoxy groups -OCH3 is 1. The molecule has 4 nitrogen and oxygen atoms in total. The first-order valence-electron chi connectivity index (χ1n) is 10.8. The fourth-order valence-electron chi connectivity index (χ4n) is 4.33. The number of aromatic nitrogens is 2. The summed E-state index contributed by atoms with van der Waals surface area (Å²) in [6.07, 6.45) is 0.822. The second kappa shape index (κ2) is 8.94. The first-order valence-corrected chi connectivity index (χ1v) is 10.8. The van der Waals surface area contributed by atoms with Crippen molar-refractivity contribution < 1.29 is 4.74 Å². The summed E-state index contributed by atoms with van der Waals surface area (Å²) in [5.74, 6) is 0. The number of ether oxygens (including phenoxy) is 1. The molecule has 0 aliphatic rings. The van der Waals surface area contributed by atoms with E-state index in [4.69, 9.17) is 10.1 Å². The predicted octanol–water partition coefficient (Wildman–Crippen LogP) is 5.33. The molecule has 0 radical (unpaired) electrons. The molecule has 0 saturated heterocycles. The third-order valence-electron chi connectivity index (χ3n) is 6.01. The number of benzene rings is 3. The van der Waals surface area contributed by atoms with E-state index in [1.165, 1.54) is 27.8 Å². The highest BCUT2D eigenvalue weighted by molar-refractivity contribution is 5.79. The van der Waals surface area contributed by atoms with Gasteiger partial charge in [-0.3, -0.25) is 5.41 Å². The fraction of sp³-hybridized carbons (Fsp3) is 0.296. The van der Waals surface area contributed by atoms with Gasteiger partial charge in [-0.05, 0) is 49.9 Å². The third-order valence-corrected chi connectivity index (χ3v) is 6.01. The van der Waals surface area contributed by atoms with Crippen molar-refractivity contribution in [1.82, 2.24) is 9.13 Å². The Bertz CT molecular complexity index is 1230. The first-order chi connectivity index (χ1) is 15.0. The Balaban J connectivity index is 1.83. The average molecular weight is 414 g/mol. The minimum Gasteiger partial charge on any atom is -0.383 e. The van der Waals surface area contributed by atoms with Crippen molar-refractivity contribution in [3.63, 3.8) is 0 Å². The van der Waals surface area contributed by atoms with Crippen LogP contribution in [0.3, 0.4) is 0 Å². The molecule has 1 heterocycles. The highest BCUT2D eigenvalue weighted by atomic mass is 16.5. The topological polar surface area (TPSA) is 42.9 Å². The van der Waals surface area contributed by atoms with Crippen molar-refractivity contribution in [2.24, 2.45) is 0 Å². The highest BCUT2D eigenvalue weighted by Gasteiger charge is 2.21. The van der Waals surface area contributed by atoms with Crippen LogP contribution in [0, 0.1) is 26.2 Å². The van der Waals surface area contributed by atoms with E-state index in [-0.39, 0.29) is 6.04 Å². The molecule has 0 saturated carbocycles. The van der Waals surface area contributed by atoms with Gasteiger partial charge in [-0.1, -0.05) is 71.8 Å². The highest BCUT2D eigenvalue weighted by Crippen LogP contribution is 2.24. The zero-order valence-corrected chi connectivity index (χ0v) is 18.9. The maximum atomic E-state index is 9.14. The number of imidazole rings is 1. The van der Waals surface area contributed by atoms with Gasteiger partial charge in [-0.25, -0.2) is 0 Å². The van der Waals surface area contributed by atoms with Crippen LogP contribution in [0.5, 0.6) is 0 Å². The van der Waals surface area contributed by atoms with E-state index in [1.807, 2.05) is 0 Å². The Labute approximate surface area is 184 Å². The monoisotopic (exact) mass is 413 g/mol. The van der Waals surface area contributed by atoms with Crippen LogP contribution in [-0.2, 0) is 17.7 Å². The summed E-state index contributed by atoms with van der Waals surface area (Å²) in [6, 6.07) is 23.6. The minimum atomic E-state index is 0.0445. The zero-order valence-electron chi connectivity index (χ0n) is 18.9. The molecule has 3 aromatic carbocycles. The largest absolute Gasteiger partial charge is 0.383 e. The fourth-order valence-corrected chi connectivity index (χ4v) is 4.33. The van der Waals surface area contributed by atoms with Crippen LogP contribution in [0.1, 0.15) is 33.9 Å². The summed E-state index contributed by atoms with van der Waals surface area (Å²) < 4.78 is 9.91. The van der Waals surface area contributed by atoms with E-state index in [1.54, 1.807) is 7.11 Å². The van der Waals surface area contributed by atoms with Crippen LogP contribution < -0.4 is 5.62 Å².